The number of nitrogens with zero attached hydrogens (tertiary/aromatic N) is 4. The average Bonchev–Trinajstić information content (AvgIpc) is 3.31. The third-order valence-corrected chi connectivity index (χ3v) is 7.10. The summed E-state index contributed by atoms with van der Waals surface area (Å²) in [5, 5.41) is 1.13. The zero-order valence-electron chi connectivity index (χ0n) is 19.7. The van der Waals surface area contributed by atoms with Gasteiger partial charge in [-0.25, -0.2) is 4.98 Å². The number of fused-ring (bicyclic) bond motifs is 1. The van der Waals surface area contributed by atoms with Gasteiger partial charge in [-0.15, -0.1) is 0 Å². The summed E-state index contributed by atoms with van der Waals surface area (Å²) >= 11 is 9.82. The SMILES string of the molecule is CC(C)C(c1nc2cc(Cl)ccc2c(=O)n1Cc1ccccc1)N1CCN=C1c1ccc(Br)cc1. The van der Waals surface area contributed by atoms with Crippen LogP contribution in [0.1, 0.15) is 36.8 Å². The summed E-state index contributed by atoms with van der Waals surface area (Å²) in [5.41, 5.74) is 2.67. The fraction of sp³-hybridized carbons (Fsp3) is 0.250. The zero-order chi connectivity index (χ0) is 24.5. The van der Waals surface area contributed by atoms with Crippen LogP contribution in [0.5, 0.6) is 0 Å². The van der Waals surface area contributed by atoms with E-state index in [2.05, 4.69) is 46.8 Å². The van der Waals surface area contributed by atoms with E-state index in [9.17, 15) is 4.79 Å². The van der Waals surface area contributed by atoms with Crippen LogP contribution in [0, 0.1) is 5.92 Å². The molecule has 0 saturated heterocycles. The minimum absolute atomic E-state index is 0.0579. The van der Waals surface area contributed by atoms with E-state index in [0.717, 1.165) is 33.8 Å². The number of halogens is 2. The van der Waals surface area contributed by atoms with Crippen molar-refractivity contribution in [1.82, 2.24) is 14.5 Å². The first-order valence-corrected chi connectivity index (χ1v) is 12.9. The molecule has 0 radical (unpaired) electrons. The van der Waals surface area contributed by atoms with Gasteiger partial charge in [0.1, 0.15) is 11.7 Å². The van der Waals surface area contributed by atoms with Gasteiger partial charge in [-0.3, -0.25) is 14.4 Å². The molecule has 1 atom stereocenters. The predicted octanol–water partition coefficient (Wildman–Crippen LogP) is 6.32. The van der Waals surface area contributed by atoms with E-state index in [1.807, 2.05) is 47.0 Å². The van der Waals surface area contributed by atoms with E-state index in [4.69, 9.17) is 21.6 Å². The fourth-order valence-corrected chi connectivity index (χ4v) is 5.17. The third-order valence-electron chi connectivity index (χ3n) is 6.34. The van der Waals surface area contributed by atoms with E-state index in [1.165, 1.54) is 0 Å². The van der Waals surface area contributed by atoms with Crippen molar-refractivity contribution in [2.45, 2.75) is 26.4 Å². The molecule has 0 N–H and O–H groups in total. The summed E-state index contributed by atoms with van der Waals surface area (Å²) in [6.45, 7) is 6.26. The van der Waals surface area contributed by atoms with E-state index in [1.54, 1.807) is 18.2 Å². The molecule has 178 valence electrons. The van der Waals surface area contributed by atoms with Gasteiger partial charge in [0.25, 0.3) is 5.56 Å². The number of rotatable bonds is 6. The van der Waals surface area contributed by atoms with Gasteiger partial charge >= 0.3 is 0 Å². The van der Waals surface area contributed by atoms with Crippen LogP contribution in [-0.4, -0.2) is 33.4 Å². The lowest BCUT2D eigenvalue weighted by molar-refractivity contribution is 0.250. The molecule has 7 heteroatoms. The number of aromatic nitrogens is 2. The van der Waals surface area contributed by atoms with Crippen LogP contribution in [0.25, 0.3) is 10.9 Å². The molecule has 1 aromatic heterocycles. The molecule has 0 saturated carbocycles. The molecule has 0 aliphatic carbocycles. The molecule has 0 spiro atoms. The van der Waals surface area contributed by atoms with E-state index >= 15 is 0 Å². The van der Waals surface area contributed by atoms with Crippen LogP contribution in [0.15, 0.2) is 87.1 Å². The number of hydrogen-bond acceptors (Lipinski definition) is 4. The Balaban J connectivity index is 1.69. The van der Waals surface area contributed by atoms with Crippen LogP contribution >= 0.6 is 27.5 Å². The van der Waals surface area contributed by atoms with Crippen LogP contribution in [-0.2, 0) is 6.54 Å². The summed E-state index contributed by atoms with van der Waals surface area (Å²) in [6, 6.07) is 23.4. The summed E-state index contributed by atoms with van der Waals surface area (Å²) in [6.07, 6.45) is 0. The van der Waals surface area contributed by atoms with Crippen LogP contribution in [0.3, 0.4) is 0 Å². The lowest BCUT2D eigenvalue weighted by Crippen LogP contribution is -2.40. The molecule has 0 bridgehead atoms. The molecule has 1 aliphatic rings. The first kappa shape index (κ1) is 23.8. The van der Waals surface area contributed by atoms with Crippen LogP contribution in [0.2, 0.25) is 5.02 Å². The van der Waals surface area contributed by atoms with Gasteiger partial charge in [0.05, 0.1) is 30.0 Å². The van der Waals surface area contributed by atoms with Gasteiger partial charge in [0, 0.05) is 21.6 Å². The largest absolute Gasteiger partial charge is 0.344 e. The predicted molar refractivity (Wildman–Crippen MR) is 146 cm³/mol. The number of benzene rings is 3. The minimum Gasteiger partial charge on any atom is -0.344 e. The molecule has 1 unspecified atom stereocenters. The summed E-state index contributed by atoms with van der Waals surface area (Å²) in [7, 11) is 0. The Hall–Kier alpha value is -2.96. The highest BCUT2D eigenvalue weighted by Crippen LogP contribution is 2.32. The molecular weight excluding hydrogens is 524 g/mol. The Labute approximate surface area is 218 Å². The number of aliphatic imine (C=N–C) groups is 1. The maximum atomic E-state index is 13.8. The number of amidine groups is 1. The lowest BCUT2D eigenvalue weighted by atomic mass is 9.99. The summed E-state index contributed by atoms with van der Waals surface area (Å²) in [5.74, 6) is 1.84. The quantitative estimate of drug-likeness (QED) is 0.283. The van der Waals surface area contributed by atoms with Crippen molar-refractivity contribution < 1.29 is 0 Å². The average molecular weight is 550 g/mol. The van der Waals surface area contributed by atoms with Crippen molar-refractivity contribution in [3.8, 4) is 0 Å². The zero-order valence-corrected chi connectivity index (χ0v) is 22.0. The second-order valence-corrected chi connectivity index (χ2v) is 10.5. The smallest absolute Gasteiger partial charge is 0.261 e. The van der Waals surface area contributed by atoms with Gasteiger partial charge < -0.3 is 4.90 Å². The maximum Gasteiger partial charge on any atom is 0.261 e. The Morgan fingerprint density at radius 3 is 2.49 bits per heavy atom. The van der Waals surface area contributed by atoms with Crippen molar-refractivity contribution in [3.63, 3.8) is 0 Å². The van der Waals surface area contributed by atoms with E-state index in [0.29, 0.717) is 29.0 Å². The molecule has 5 rings (SSSR count). The van der Waals surface area contributed by atoms with Crippen molar-refractivity contribution in [2.24, 2.45) is 10.9 Å². The number of hydrogen-bond donors (Lipinski definition) is 0. The standard InChI is InChI=1S/C28H26BrClN4O/c1-18(2)25(33-15-14-31-26(33)20-8-10-21(29)11-9-20)27-32-24-16-22(30)12-13-23(24)28(35)34(27)17-19-6-4-3-5-7-19/h3-13,16,18,25H,14-15,17H2,1-2H3. The second-order valence-electron chi connectivity index (χ2n) is 9.10. The van der Waals surface area contributed by atoms with Gasteiger partial charge in [0.2, 0.25) is 0 Å². The topological polar surface area (TPSA) is 50.5 Å². The lowest BCUT2D eigenvalue weighted by Gasteiger charge is -2.34. The van der Waals surface area contributed by atoms with Gasteiger partial charge in [-0.1, -0.05) is 83.8 Å². The molecule has 35 heavy (non-hydrogen) atoms. The highest BCUT2D eigenvalue weighted by atomic mass is 79.9. The van der Waals surface area contributed by atoms with Gasteiger partial charge in [-0.2, -0.15) is 0 Å². The monoisotopic (exact) mass is 548 g/mol. The molecule has 0 amide bonds. The first-order chi connectivity index (χ1) is 16.9. The van der Waals surface area contributed by atoms with Crippen molar-refractivity contribution in [2.75, 3.05) is 13.1 Å². The molecule has 2 heterocycles. The highest BCUT2D eigenvalue weighted by molar-refractivity contribution is 9.10. The molecule has 3 aromatic carbocycles. The van der Waals surface area contributed by atoms with Gasteiger partial charge in [-0.05, 0) is 41.8 Å². The Morgan fingerprint density at radius 1 is 1.03 bits per heavy atom. The van der Waals surface area contributed by atoms with Gasteiger partial charge in [0.15, 0.2) is 0 Å². The van der Waals surface area contributed by atoms with Crippen molar-refractivity contribution >= 4 is 44.3 Å². The highest BCUT2D eigenvalue weighted by Gasteiger charge is 2.33. The molecule has 5 nitrogen and oxygen atoms in total. The summed E-state index contributed by atoms with van der Waals surface area (Å²) < 4.78 is 2.85. The van der Waals surface area contributed by atoms with Crippen molar-refractivity contribution in [3.05, 3.63) is 110 Å². The molecule has 0 fully saturated rings. The second kappa shape index (κ2) is 9.96. The third kappa shape index (κ3) is 4.78. The first-order valence-electron chi connectivity index (χ1n) is 11.7. The minimum atomic E-state index is -0.139. The Kier molecular flexibility index (Phi) is 6.76. The van der Waals surface area contributed by atoms with E-state index < -0.39 is 0 Å². The Bertz CT molecular complexity index is 1450. The van der Waals surface area contributed by atoms with E-state index in [-0.39, 0.29) is 17.5 Å². The maximum absolute atomic E-state index is 13.8. The van der Waals surface area contributed by atoms with Crippen LogP contribution < -0.4 is 5.56 Å². The normalized spacial score (nSPS) is 14.5. The Morgan fingerprint density at radius 2 is 1.77 bits per heavy atom. The van der Waals surface area contributed by atoms with Crippen LogP contribution in [0.4, 0.5) is 0 Å². The fourth-order valence-electron chi connectivity index (χ4n) is 4.74. The molecule has 4 aromatic rings. The van der Waals surface area contributed by atoms with Crippen molar-refractivity contribution in [1.29, 1.82) is 0 Å². The summed E-state index contributed by atoms with van der Waals surface area (Å²) in [4.78, 5) is 26.0. The molecule has 1 aliphatic heterocycles. The molecular formula is C28H26BrClN4O.